The smallest absolute Gasteiger partial charge is 0.246 e. The summed E-state index contributed by atoms with van der Waals surface area (Å²) in [4.78, 5) is 13.4. The molecular formula is C15H17NO3. The second-order valence-corrected chi connectivity index (χ2v) is 4.16. The lowest BCUT2D eigenvalue weighted by molar-refractivity contribution is -0.126. The van der Waals surface area contributed by atoms with Crippen LogP contribution in [-0.4, -0.2) is 35.6 Å². The molecule has 1 aromatic carbocycles. The maximum atomic E-state index is 11.8. The summed E-state index contributed by atoms with van der Waals surface area (Å²) in [6.07, 6.45) is 3.12. The van der Waals surface area contributed by atoms with E-state index in [1.165, 1.54) is 6.08 Å². The summed E-state index contributed by atoms with van der Waals surface area (Å²) in [7, 11) is 0. The van der Waals surface area contributed by atoms with E-state index in [1.807, 2.05) is 37.3 Å². The molecule has 1 N–H and O–H groups in total. The number of benzene rings is 1. The number of hydrogen-bond acceptors (Lipinski definition) is 3. The molecule has 2 aromatic rings. The first-order chi connectivity index (χ1) is 9.24. The van der Waals surface area contributed by atoms with E-state index in [4.69, 9.17) is 9.52 Å². The van der Waals surface area contributed by atoms with Crippen molar-refractivity contribution >= 4 is 23.0 Å². The fourth-order valence-electron chi connectivity index (χ4n) is 1.89. The van der Waals surface area contributed by atoms with Crippen LogP contribution in [0.4, 0.5) is 0 Å². The molecule has 4 heteroatoms. The number of hydrogen-bond donors (Lipinski definition) is 1. The molecule has 0 fully saturated rings. The van der Waals surface area contributed by atoms with Crippen LogP contribution in [0.25, 0.3) is 17.0 Å². The topological polar surface area (TPSA) is 53.7 Å². The Labute approximate surface area is 111 Å². The zero-order chi connectivity index (χ0) is 13.7. The lowest BCUT2D eigenvalue weighted by Gasteiger charge is -2.17. The van der Waals surface area contributed by atoms with Gasteiger partial charge in [-0.25, -0.2) is 0 Å². The van der Waals surface area contributed by atoms with Crippen LogP contribution in [0.2, 0.25) is 0 Å². The SMILES string of the molecule is CCN(CCO)C(=O)/C=C/c1cc2ccccc2o1. The van der Waals surface area contributed by atoms with Crippen molar-refractivity contribution in [2.24, 2.45) is 0 Å². The molecule has 100 valence electrons. The lowest BCUT2D eigenvalue weighted by Crippen LogP contribution is -2.31. The first-order valence-electron chi connectivity index (χ1n) is 6.31. The van der Waals surface area contributed by atoms with Crippen molar-refractivity contribution in [1.29, 1.82) is 0 Å². The fraction of sp³-hybridized carbons (Fsp3) is 0.267. The number of nitrogens with zero attached hydrogens (tertiary/aromatic N) is 1. The van der Waals surface area contributed by atoms with Gasteiger partial charge in [0, 0.05) is 24.6 Å². The predicted octanol–water partition coefficient (Wildman–Crippen LogP) is 2.29. The Morgan fingerprint density at radius 1 is 1.42 bits per heavy atom. The second-order valence-electron chi connectivity index (χ2n) is 4.16. The third kappa shape index (κ3) is 3.23. The molecule has 0 saturated heterocycles. The van der Waals surface area contributed by atoms with Crippen LogP contribution in [0.1, 0.15) is 12.7 Å². The fourth-order valence-corrected chi connectivity index (χ4v) is 1.89. The predicted molar refractivity (Wildman–Crippen MR) is 74.6 cm³/mol. The number of carbonyl (C=O) groups is 1. The molecule has 1 amide bonds. The summed E-state index contributed by atoms with van der Waals surface area (Å²) >= 11 is 0. The van der Waals surface area contributed by atoms with Gasteiger partial charge in [0.25, 0.3) is 0 Å². The van der Waals surface area contributed by atoms with Crippen molar-refractivity contribution in [2.75, 3.05) is 19.7 Å². The van der Waals surface area contributed by atoms with Gasteiger partial charge in [0.15, 0.2) is 0 Å². The molecule has 0 radical (unpaired) electrons. The van der Waals surface area contributed by atoms with Gasteiger partial charge in [-0.1, -0.05) is 18.2 Å². The number of furan rings is 1. The van der Waals surface area contributed by atoms with E-state index in [1.54, 1.807) is 11.0 Å². The van der Waals surface area contributed by atoms with Crippen LogP contribution in [0.5, 0.6) is 0 Å². The monoisotopic (exact) mass is 259 g/mol. The van der Waals surface area contributed by atoms with E-state index in [-0.39, 0.29) is 12.5 Å². The van der Waals surface area contributed by atoms with Gasteiger partial charge in [-0.15, -0.1) is 0 Å². The zero-order valence-electron chi connectivity index (χ0n) is 10.9. The number of likely N-dealkylation sites (N-methyl/N-ethyl adjacent to an activating group) is 1. The molecule has 1 aromatic heterocycles. The van der Waals surface area contributed by atoms with E-state index >= 15 is 0 Å². The van der Waals surface area contributed by atoms with Gasteiger partial charge in [-0.3, -0.25) is 4.79 Å². The minimum absolute atomic E-state index is 0.0297. The summed E-state index contributed by atoms with van der Waals surface area (Å²) in [5.41, 5.74) is 0.803. The van der Waals surface area contributed by atoms with Crippen LogP contribution in [0.3, 0.4) is 0 Å². The first-order valence-corrected chi connectivity index (χ1v) is 6.31. The van der Waals surface area contributed by atoms with E-state index in [0.717, 1.165) is 11.0 Å². The van der Waals surface area contributed by atoms with Crippen LogP contribution in [0.15, 0.2) is 40.8 Å². The Morgan fingerprint density at radius 3 is 2.89 bits per heavy atom. The first kappa shape index (κ1) is 13.4. The molecule has 0 aliphatic carbocycles. The van der Waals surface area contributed by atoms with Gasteiger partial charge < -0.3 is 14.4 Å². The Hall–Kier alpha value is -2.07. The van der Waals surface area contributed by atoms with Gasteiger partial charge in [0.2, 0.25) is 5.91 Å². The maximum Gasteiger partial charge on any atom is 0.246 e. The molecule has 0 bridgehead atoms. The van der Waals surface area contributed by atoms with E-state index in [0.29, 0.717) is 18.8 Å². The van der Waals surface area contributed by atoms with Crippen molar-refractivity contribution in [3.63, 3.8) is 0 Å². The molecule has 4 nitrogen and oxygen atoms in total. The third-order valence-corrected chi connectivity index (χ3v) is 2.90. The highest BCUT2D eigenvalue weighted by Gasteiger charge is 2.07. The number of aliphatic hydroxyl groups is 1. The number of fused-ring (bicyclic) bond motifs is 1. The minimum atomic E-state index is -0.128. The van der Waals surface area contributed by atoms with Crippen LogP contribution in [-0.2, 0) is 4.79 Å². The van der Waals surface area contributed by atoms with Crippen LogP contribution in [0, 0.1) is 0 Å². The molecule has 2 rings (SSSR count). The molecule has 1 heterocycles. The van der Waals surface area contributed by atoms with Gasteiger partial charge in [0.1, 0.15) is 11.3 Å². The van der Waals surface area contributed by atoms with Crippen molar-refractivity contribution < 1.29 is 14.3 Å². The Kier molecular flexibility index (Phi) is 4.36. The second kappa shape index (κ2) is 6.20. The number of amides is 1. The van der Waals surface area contributed by atoms with Crippen molar-refractivity contribution in [2.45, 2.75) is 6.92 Å². The van der Waals surface area contributed by atoms with Gasteiger partial charge in [-0.2, -0.15) is 0 Å². The molecule has 0 atom stereocenters. The van der Waals surface area contributed by atoms with E-state index in [9.17, 15) is 4.79 Å². The van der Waals surface area contributed by atoms with E-state index < -0.39 is 0 Å². The molecule has 0 aliphatic heterocycles. The zero-order valence-corrected chi connectivity index (χ0v) is 10.9. The number of rotatable bonds is 5. The van der Waals surface area contributed by atoms with Crippen molar-refractivity contribution in [1.82, 2.24) is 4.90 Å². The standard InChI is InChI=1S/C15H17NO3/c1-2-16(9-10-17)15(18)8-7-13-11-12-5-3-4-6-14(12)19-13/h3-8,11,17H,2,9-10H2,1H3/b8-7+. The maximum absolute atomic E-state index is 11.8. The lowest BCUT2D eigenvalue weighted by atomic mass is 10.2. The van der Waals surface area contributed by atoms with Crippen LogP contribution < -0.4 is 0 Å². The Balaban J connectivity index is 2.11. The van der Waals surface area contributed by atoms with Crippen molar-refractivity contribution in [3.8, 4) is 0 Å². The van der Waals surface area contributed by atoms with Crippen LogP contribution >= 0.6 is 0 Å². The summed E-state index contributed by atoms with van der Waals surface area (Å²) in [5.74, 6) is 0.520. The molecule has 0 aliphatic rings. The highest BCUT2D eigenvalue weighted by molar-refractivity contribution is 5.92. The highest BCUT2D eigenvalue weighted by Crippen LogP contribution is 2.19. The summed E-state index contributed by atoms with van der Waals surface area (Å²) in [6.45, 7) is 2.77. The van der Waals surface area contributed by atoms with Gasteiger partial charge in [-0.05, 0) is 25.1 Å². The molecule has 19 heavy (non-hydrogen) atoms. The third-order valence-electron chi connectivity index (χ3n) is 2.90. The Bertz CT molecular complexity index is 553. The average molecular weight is 259 g/mol. The normalized spacial score (nSPS) is 11.3. The summed E-state index contributed by atoms with van der Waals surface area (Å²) in [6, 6.07) is 9.59. The molecule has 0 spiro atoms. The van der Waals surface area contributed by atoms with Gasteiger partial charge >= 0.3 is 0 Å². The van der Waals surface area contributed by atoms with E-state index in [2.05, 4.69) is 0 Å². The number of para-hydroxylation sites is 1. The highest BCUT2D eigenvalue weighted by atomic mass is 16.3. The quantitative estimate of drug-likeness (QED) is 0.838. The number of aliphatic hydroxyl groups excluding tert-OH is 1. The van der Waals surface area contributed by atoms with Crippen molar-refractivity contribution in [3.05, 3.63) is 42.2 Å². The summed E-state index contributed by atoms with van der Waals surface area (Å²) in [5, 5.41) is 9.87. The number of carbonyl (C=O) groups excluding carboxylic acids is 1. The minimum Gasteiger partial charge on any atom is -0.457 e. The van der Waals surface area contributed by atoms with Gasteiger partial charge in [0.05, 0.1) is 6.61 Å². The molecular weight excluding hydrogens is 242 g/mol. The molecule has 0 unspecified atom stereocenters. The Morgan fingerprint density at radius 2 is 2.21 bits per heavy atom. The molecule has 0 saturated carbocycles. The largest absolute Gasteiger partial charge is 0.457 e. The summed E-state index contributed by atoms with van der Waals surface area (Å²) < 4.78 is 5.58. The average Bonchev–Trinajstić information content (AvgIpc) is 2.85.